The van der Waals surface area contributed by atoms with E-state index in [2.05, 4.69) is 26.5 Å². The number of benzene rings is 2. The third-order valence-corrected chi connectivity index (χ3v) is 8.76. The topological polar surface area (TPSA) is 164 Å². The first-order valence-corrected chi connectivity index (χ1v) is 15.3. The molecule has 12 nitrogen and oxygen atoms in total. The zero-order valence-corrected chi connectivity index (χ0v) is 26.1. The fourth-order valence-corrected chi connectivity index (χ4v) is 5.85. The molecule has 0 spiro atoms. The van der Waals surface area contributed by atoms with Crippen LogP contribution in [0.2, 0.25) is 0 Å². The molecule has 1 aliphatic heterocycles. The largest absolute Gasteiger partial charge is 0.477 e. The second-order valence-electron chi connectivity index (χ2n) is 10.3. The number of sulfonamides is 1. The van der Waals surface area contributed by atoms with Gasteiger partial charge in [-0.25, -0.2) is 32.3 Å². The van der Waals surface area contributed by atoms with E-state index in [0.717, 1.165) is 45.6 Å². The summed E-state index contributed by atoms with van der Waals surface area (Å²) in [5, 5.41) is 9.45. The number of hydrogen-bond acceptors (Lipinski definition) is 9. The van der Waals surface area contributed by atoms with Crippen LogP contribution in [-0.4, -0.2) is 71.7 Å². The molecule has 6 rings (SSSR count). The van der Waals surface area contributed by atoms with Crippen molar-refractivity contribution in [3.05, 3.63) is 82.7 Å². The molecule has 1 aliphatic carbocycles. The molecule has 4 aromatic rings. The number of halogens is 1. The molecule has 1 saturated heterocycles. The van der Waals surface area contributed by atoms with Gasteiger partial charge in [0.1, 0.15) is 11.4 Å². The molecule has 4 N–H and O–H groups in total. The minimum atomic E-state index is -3.66. The Bertz CT molecular complexity index is 1800. The predicted octanol–water partition coefficient (Wildman–Crippen LogP) is 3.17. The van der Waals surface area contributed by atoms with Crippen LogP contribution in [0.4, 0.5) is 21.7 Å². The molecule has 2 aliphatic rings. The van der Waals surface area contributed by atoms with Gasteiger partial charge in [-0.15, -0.1) is 0 Å². The van der Waals surface area contributed by atoms with Crippen LogP contribution in [0.1, 0.15) is 36.2 Å². The van der Waals surface area contributed by atoms with E-state index in [-0.39, 0.29) is 50.2 Å². The number of nitrogens with zero attached hydrogens (tertiary/aromatic N) is 5. The zero-order chi connectivity index (χ0) is 30.7. The summed E-state index contributed by atoms with van der Waals surface area (Å²) in [7, 11) is -3.66. The summed E-state index contributed by atoms with van der Waals surface area (Å²) in [6.07, 6.45) is 6.21. The molecule has 44 heavy (non-hydrogen) atoms. The number of piperazine rings is 1. The van der Waals surface area contributed by atoms with Crippen molar-refractivity contribution < 1.29 is 45.1 Å². The van der Waals surface area contributed by atoms with E-state index < -0.39 is 27.2 Å². The maximum absolute atomic E-state index is 14.8. The summed E-state index contributed by atoms with van der Waals surface area (Å²) in [5.41, 5.74) is 6.18. The summed E-state index contributed by atoms with van der Waals surface area (Å²) >= 11 is 0. The number of aromatic carboxylic acids is 1. The number of nitrogens with one attached hydrogen (secondary N) is 1. The van der Waals surface area contributed by atoms with Crippen LogP contribution in [0.3, 0.4) is 0 Å². The molecule has 2 fully saturated rings. The number of nitrogens with two attached hydrogens (primary N) is 1. The van der Waals surface area contributed by atoms with Gasteiger partial charge in [0, 0.05) is 84.3 Å². The van der Waals surface area contributed by atoms with Gasteiger partial charge in [0.25, 0.3) is 10.0 Å². The second-order valence-corrected chi connectivity index (χ2v) is 12.0. The number of pyridine rings is 1. The van der Waals surface area contributed by atoms with Crippen molar-refractivity contribution in [1.82, 2.24) is 19.4 Å². The standard InChI is InChI=1S/C19H22FN3O3.C10H10N4O2S.Ag/c1-2-21-5-7-22(8-6-21)17-10-16-13(9-15(17)20)18(24)14(19(25)26)11-23(16)12-3-4-12;11-8-2-4-9(5-3-8)17(15,16)14-10-12-6-1-7-13-10;/h9-12H,2-8H2,1H3,(H,25,26);1-7H,11H2,(H,12,13,14);. The quantitative estimate of drug-likeness (QED) is 0.191. The normalized spacial score (nSPS) is 15.2. The van der Waals surface area contributed by atoms with Gasteiger partial charge in [-0.3, -0.25) is 4.79 Å². The fraction of sp³-hybridized carbons (Fsp3) is 0.310. The van der Waals surface area contributed by atoms with Crippen LogP contribution in [0.15, 0.2) is 70.7 Å². The second kappa shape index (κ2) is 13.9. The predicted molar refractivity (Wildman–Crippen MR) is 161 cm³/mol. The van der Waals surface area contributed by atoms with Gasteiger partial charge in [0.15, 0.2) is 0 Å². The van der Waals surface area contributed by atoms with Crippen LogP contribution in [0.5, 0.6) is 0 Å². The Kier molecular flexibility index (Phi) is 10.4. The Labute approximate surface area is 269 Å². The number of rotatable bonds is 7. The van der Waals surface area contributed by atoms with Crippen molar-refractivity contribution in [2.45, 2.75) is 30.7 Å². The van der Waals surface area contributed by atoms with E-state index in [4.69, 9.17) is 5.73 Å². The summed E-state index contributed by atoms with van der Waals surface area (Å²) in [4.78, 5) is 35.9. The first kappa shape index (κ1) is 33.1. The summed E-state index contributed by atoms with van der Waals surface area (Å²) in [5.74, 6) is -1.71. The number of hydrogen-bond donors (Lipinski definition) is 3. The molecular formula is C29H32AgFN7O5S. The zero-order valence-electron chi connectivity index (χ0n) is 23.8. The number of carboxylic acids is 1. The van der Waals surface area contributed by atoms with Crippen molar-refractivity contribution in [2.75, 3.05) is 48.1 Å². The number of likely N-dealkylation sites (N-methyl/N-ethyl adjacent to an activating group) is 1. The van der Waals surface area contributed by atoms with Crippen LogP contribution < -0.4 is 20.8 Å². The fourth-order valence-electron chi connectivity index (χ4n) is 4.89. The monoisotopic (exact) mass is 716 g/mol. The Hall–Kier alpha value is -3.82. The number of carboxylic acid groups (broad SMARTS) is 1. The first-order valence-electron chi connectivity index (χ1n) is 13.8. The number of nitrogen functional groups attached to an aromatic ring is 1. The van der Waals surface area contributed by atoms with Crippen LogP contribution >= 0.6 is 0 Å². The molecule has 2 aromatic carbocycles. The number of anilines is 3. The Morgan fingerprint density at radius 1 is 1.09 bits per heavy atom. The van der Waals surface area contributed by atoms with Crippen molar-refractivity contribution in [2.24, 2.45) is 0 Å². The Balaban J connectivity index is 0.000000214. The molecule has 15 heteroatoms. The molecule has 237 valence electrons. The maximum atomic E-state index is 14.8. The van der Waals surface area contributed by atoms with Crippen LogP contribution in [-0.2, 0) is 32.4 Å². The van der Waals surface area contributed by atoms with Crippen molar-refractivity contribution in [3.63, 3.8) is 0 Å². The van der Waals surface area contributed by atoms with Gasteiger partial charge in [-0.2, -0.15) is 0 Å². The van der Waals surface area contributed by atoms with E-state index in [9.17, 15) is 27.5 Å². The van der Waals surface area contributed by atoms with Gasteiger partial charge in [0.2, 0.25) is 11.4 Å². The molecule has 0 amide bonds. The van der Waals surface area contributed by atoms with Crippen LogP contribution in [0.25, 0.3) is 10.9 Å². The van der Waals surface area contributed by atoms with Gasteiger partial charge >= 0.3 is 5.97 Å². The van der Waals surface area contributed by atoms with E-state index in [0.29, 0.717) is 16.9 Å². The van der Waals surface area contributed by atoms with Crippen molar-refractivity contribution in [1.29, 1.82) is 0 Å². The van der Waals surface area contributed by atoms with Gasteiger partial charge < -0.3 is 25.2 Å². The van der Waals surface area contributed by atoms with E-state index in [1.54, 1.807) is 12.1 Å². The van der Waals surface area contributed by atoms with Crippen molar-refractivity contribution >= 4 is 44.2 Å². The summed E-state index contributed by atoms with van der Waals surface area (Å²) < 4.78 is 42.7. The number of fused-ring (bicyclic) bond motifs is 1. The number of aromatic nitrogens is 3. The molecule has 2 aromatic heterocycles. The SMILES string of the molecule is CCN1CCN(c2cc3c(cc2F)c(=O)c(C(=O)O)cn3C2CC2)CC1.Nc1ccc(S(=O)(=O)Nc2ncccn2)cc1.[Ag]. The van der Waals surface area contributed by atoms with E-state index >= 15 is 0 Å². The van der Waals surface area contributed by atoms with Gasteiger partial charge in [-0.05, 0) is 61.9 Å². The van der Waals surface area contributed by atoms with E-state index in [1.807, 2.05) is 9.47 Å². The maximum Gasteiger partial charge on any atom is 0.341 e. The average molecular weight is 718 g/mol. The number of carbonyl (C=O) groups is 1. The molecule has 1 saturated carbocycles. The third-order valence-electron chi connectivity index (χ3n) is 7.41. The van der Waals surface area contributed by atoms with Crippen molar-refractivity contribution in [3.8, 4) is 0 Å². The summed E-state index contributed by atoms with van der Waals surface area (Å²) in [6.45, 7) is 6.31. The van der Waals surface area contributed by atoms with E-state index in [1.165, 1.54) is 48.9 Å². The molecule has 0 unspecified atom stereocenters. The van der Waals surface area contributed by atoms with Crippen LogP contribution in [0, 0.1) is 5.82 Å². The molecule has 3 heterocycles. The Morgan fingerprint density at radius 2 is 1.73 bits per heavy atom. The van der Waals surface area contributed by atoms with Gasteiger partial charge in [-0.1, -0.05) is 6.92 Å². The third kappa shape index (κ3) is 7.45. The summed E-state index contributed by atoms with van der Waals surface area (Å²) in [6, 6.07) is 10.6. The molecular weight excluding hydrogens is 685 g/mol. The molecule has 0 bridgehead atoms. The molecule has 1 radical (unpaired) electrons. The minimum Gasteiger partial charge on any atom is -0.477 e. The average Bonchev–Trinajstić information content (AvgIpc) is 3.84. The smallest absolute Gasteiger partial charge is 0.341 e. The molecule has 0 atom stereocenters. The first-order chi connectivity index (χ1) is 20.6. The Morgan fingerprint density at radius 3 is 2.30 bits per heavy atom. The minimum absolute atomic E-state index is 0. The van der Waals surface area contributed by atoms with Gasteiger partial charge in [0.05, 0.1) is 16.1 Å².